The molecule has 0 heterocycles. The summed E-state index contributed by atoms with van der Waals surface area (Å²) in [6.45, 7) is 1.91. The van der Waals surface area contributed by atoms with E-state index < -0.39 is 0 Å². The maximum atomic E-state index is 8.78. The van der Waals surface area contributed by atoms with Crippen molar-refractivity contribution in [2.75, 3.05) is 0 Å². The number of aromatic hydroxyl groups is 1. The van der Waals surface area contributed by atoms with Crippen molar-refractivity contribution in [3.8, 4) is 5.75 Å². The minimum atomic E-state index is 0. The predicted octanol–water partition coefficient (Wildman–Crippen LogP) is 1.50. The van der Waals surface area contributed by atoms with E-state index in [2.05, 4.69) is 6.07 Å². The second kappa shape index (κ2) is 4.24. The Kier molecular flexibility index (Phi) is 4.42. The van der Waals surface area contributed by atoms with E-state index in [0.717, 1.165) is 5.56 Å². The molecule has 0 spiro atoms. The minimum absolute atomic E-state index is 0. The van der Waals surface area contributed by atoms with Crippen LogP contribution in [-0.2, 0) is 0 Å². The van der Waals surface area contributed by atoms with E-state index in [1.807, 2.05) is 13.0 Å². The van der Waals surface area contributed by atoms with Gasteiger partial charge in [0.1, 0.15) is 0 Å². The Morgan fingerprint density at radius 3 is 2.44 bits per heavy atom. The van der Waals surface area contributed by atoms with Crippen LogP contribution in [0, 0.1) is 54.3 Å². The van der Waals surface area contributed by atoms with Gasteiger partial charge in [-0.25, -0.2) is 0 Å². The molecule has 0 aliphatic rings. The van der Waals surface area contributed by atoms with Crippen LogP contribution in [0.4, 0.5) is 0 Å². The molecule has 1 rings (SSSR count). The Morgan fingerprint density at radius 1 is 1.44 bits per heavy atom. The molecule has 0 unspecified atom stereocenters. The summed E-state index contributed by atoms with van der Waals surface area (Å²) in [6, 6.07) is 7.82. The molecule has 0 aliphatic carbocycles. The fraction of sp³-hybridized carbons (Fsp3) is 0.143. The minimum Gasteiger partial charge on any atom is -0.566 e. The Balaban J connectivity index is 0.000000640. The van der Waals surface area contributed by atoms with E-state index >= 15 is 0 Å². The largest absolute Gasteiger partial charge is 0.566 e. The van der Waals surface area contributed by atoms with Gasteiger partial charge in [-0.3, -0.25) is 0 Å². The maximum Gasteiger partial charge on any atom is 0.00347 e. The van der Waals surface area contributed by atoms with E-state index in [1.54, 1.807) is 6.07 Å². The van der Waals surface area contributed by atoms with E-state index in [9.17, 15) is 0 Å². The van der Waals surface area contributed by atoms with Crippen molar-refractivity contribution in [3.05, 3.63) is 29.8 Å². The summed E-state index contributed by atoms with van der Waals surface area (Å²) in [5.74, 6) is 0.282. The quantitative estimate of drug-likeness (QED) is 0.690. The molecule has 0 bridgehead atoms. The van der Waals surface area contributed by atoms with Crippen molar-refractivity contribution < 1.29 is 46.4 Å². The third-order valence-electron chi connectivity index (χ3n) is 0.918. The van der Waals surface area contributed by atoms with E-state index in [4.69, 9.17) is 5.11 Å². The first kappa shape index (κ1) is 9.38. The maximum absolute atomic E-state index is 8.78. The molecular weight excluding hydrogens is 241 g/mol. The molecule has 1 N–H and O–H groups in total. The predicted molar refractivity (Wildman–Crippen MR) is 31.7 cm³/mol. The number of phenolic OH excluding ortho intramolecular Hbond substituents is 1. The summed E-state index contributed by atoms with van der Waals surface area (Å²) in [5.41, 5.74) is 1.03. The SMILES string of the molecule is Cc1c[c-]cc(O)c1.[Pr]. The van der Waals surface area contributed by atoms with Gasteiger partial charge in [-0.1, -0.05) is 6.92 Å². The number of benzene rings is 1. The van der Waals surface area contributed by atoms with Gasteiger partial charge in [0.05, 0.1) is 0 Å². The van der Waals surface area contributed by atoms with Crippen molar-refractivity contribution in [1.82, 2.24) is 0 Å². The van der Waals surface area contributed by atoms with Gasteiger partial charge >= 0.3 is 0 Å². The third-order valence-corrected chi connectivity index (χ3v) is 0.918. The number of rotatable bonds is 0. The normalized spacial score (nSPS) is 8.11. The van der Waals surface area contributed by atoms with Crippen LogP contribution in [0.3, 0.4) is 0 Å². The van der Waals surface area contributed by atoms with Gasteiger partial charge in [0.15, 0.2) is 0 Å². The van der Waals surface area contributed by atoms with Crippen LogP contribution in [0.15, 0.2) is 18.2 Å². The molecule has 0 saturated heterocycles. The molecule has 1 aromatic rings. The second-order valence-corrected chi connectivity index (χ2v) is 1.77. The van der Waals surface area contributed by atoms with Crippen LogP contribution in [0.5, 0.6) is 5.75 Å². The third kappa shape index (κ3) is 3.17. The molecule has 0 amide bonds. The molecule has 2 heteroatoms. The molecule has 0 fully saturated rings. The van der Waals surface area contributed by atoms with Crippen LogP contribution in [-0.4, -0.2) is 5.11 Å². The van der Waals surface area contributed by atoms with Crippen LogP contribution in [0.2, 0.25) is 0 Å². The first-order valence-electron chi connectivity index (χ1n) is 2.46. The molecule has 0 aromatic heterocycles. The number of hydrogen-bond acceptors (Lipinski definition) is 1. The van der Waals surface area contributed by atoms with Gasteiger partial charge in [-0.15, -0.1) is 12.1 Å². The Morgan fingerprint density at radius 2 is 2.11 bits per heavy atom. The fourth-order valence-electron chi connectivity index (χ4n) is 0.575. The van der Waals surface area contributed by atoms with Gasteiger partial charge < -0.3 is 5.11 Å². The summed E-state index contributed by atoms with van der Waals surface area (Å²) >= 11 is 0. The molecule has 1 aromatic carbocycles. The standard InChI is InChI=1S/C7H7O.Pr/c1-6-3-2-4-7(8)5-6;/h3-5,8H,1H3;/q-1;. The van der Waals surface area contributed by atoms with Gasteiger partial charge in [-0.2, -0.15) is 17.7 Å². The van der Waals surface area contributed by atoms with Gasteiger partial charge in [0.2, 0.25) is 0 Å². The summed E-state index contributed by atoms with van der Waals surface area (Å²) in [5, 5.41) is 8.78. The van der Waals surface area contributed by atoms with E-state index in [-0.39, 0.29) is 47.0 Å². The molecule has 0 aliphatic heterocycles. The number of aryl methyl sites for hydroxylation is 1. The first-order valence-corrected chi connectivity index (χ1v) is 2.46. The monoisotopic (exact) mass is 248 g/mol. The number of phenols is 1. The molecule has 9 heavy (non-hydrogen) atoms. The molecule has 0 atom stereocenters. The molecule has 0 saturated carbocycles. The second-order valence-electron chi connectivity index (χ2n) is 1.77. The Bertz CT molecular complexity index is 169. The zero-order chi connectivity index (χ0) is 5.98. The molecule has 45 valence electrons. The zero-order valence-electron chi connectivity index (χ0n) is 5.26. The van der Waals surface area contributed by atoms with Crippen LogP contribution >= 0.6 is 0 Å². The topological polar surface area (TPSA) is 20.2 Å². The average molecular weight is 248 g/mol. The van der Waals surface area contributed by atoms with Gasteiger partial charge in [-0.05, 0) is 0 Å². The van der Waals surface area contributed by atoms with Crippen LogP contribution < -0.4 is 0 Å². The smallest absolute Gasteiger partial charge is 0.00347 e. The fourth-order valence-corrected chi connectivity index (χ4v) is 0.575. The molecule has 1 nitrogen and oxygen atoms in total. The summed E-state index contributed by atoms with van der Waals surface area (Å²) in [6.07, 6.45) is 0. The molecule has 1 radical (unpaired) electrons. The van der Waals surface area contributed by atoms with Crippen molar-refractivity contribution in [2.24, 2.45) is 0 Å². The summed E-state index contributed by atoms with van der Waals surface area (Å²) < 4.78 is 0. The van der Waals surface area contributed by atoms with Crippen molar-refractivity contribution in [1.29, 1.82) is 0 Å². The van der Waals surface area contributed by atoms with E-state index in [0.29, 0.717) is 0 Å². The van der Waals surface area contributed by atoms with E-state index in [1.165, 1.54) is 6.07 Å². The van der Waals surface area contributed by atoms with Crippen molar-refractivity contribution >= 4 is 0 Å². The zero-order valence-corrected chi connectivity index (χ0v) is 8.96. The number of hydrogen-bond donors (Lipinski definition) is 1. The van der Waals surface area contributed by atoms with Crippen molar-refractivity contribution in [2.45, 2.75) is 6.92 Å². The molecular formula is C7H7OPr-. The Labute approximate surface area is 88.0 Å². The van der Waals surface area contributed by atoms with Gasteiger partial charge in [0, 0.05) is 47.0 Å². The summed E-state index contributed by atoms with van der Waals surface area (Å²) in [7, 11) is 0. The summed E-state index contributed by atoms with van der Waals surface area (Å²) in [4.78, 5) is 0. The van der Waals surface area contributed by atoms with Crippen LogP contribution in [0.1, 0.15) is 5.56 Å². The van der Waals surface area contributed by atoms with Gasteiger partial charge in [0.25, 0.3) is 0 Å². The first-order chi connectivity index (χ1) is 3.79. The van der Waals surface area contributed by atoms with Crippen molar-refractivity contribution in [3.63, 3.8) is 0 Å². The Hall–Kier alpha value is 0.384. The average Bonchev–Trinajstić information content (AvgIpc) is 1.64. The van der Waals surface area contributed by atoms with Crippen LogP contribution in [0.25, 0.3) is 0 Å².